The highest BCUT2D eigenvalue weighted by Gasteiger charge is 2.24. The lowest BCUT2D eigenvalue weighted by atomic mass is 10.1. The minimum atomic E-state index is -0.215. The largest absolute Gasteiger partial charge is 0.490 e. The van der Waals surface area contributed by atoms with Crippen molar-refractivity contribution in [3.8, 4) is 5.75 Å². The first kappa shape index (κ1) is 24.6. The zero-order chi connectivity index (χ0) is 20.5. The molecule has 0 aromatic heterocycles. The maximum atomic E-state index is 11.8. The van der Waals surface area contributed by atoms with E-state index in [1.807, 2.05) is 19.1 Å². The lowest BCUT2D eigenvalue weighted by Gasteiger charge is -2.32. The number of guanidine groups is 1. The number of ether oxygens (including phenoxy) is 2. The van der Waals surface area contributed by atoms with Crippen LogP contribution in [0.4, 0.5) is 4.79 Å². The molecule has 1 aliphatic carbocycles. The third-order valence-corrected chi connectivity index (χ3v) is 5.60. The predicted octanol–water partition coefficient (Wildman–Crippen LogP) is 3.91. The summed E-state index contributed by atoms with van der Waals surface area (Å²) in [6.07, 6.45) is 6.70. The molecule has 2 N–H and O–H groups in total. The van der Waals surface area contributed by atoms with Gasteiger partial charge in [-0.15, -0.1) is 24.0 Å². The third-order valence-electron chi connectivity index (χ3n) is 5.60. The zero-order valence-corrected chi connectivity index (χ0v) is 20.4. The first-order valence-corrected chi connectivity index (χ1v) is 10.8. The topological polar surface area (TPSA) is 75.2 Å². The molecule has 1 aromatic carbocycles. The summed E-state index contributed by atoms with van der Waals surface area (Å²) in [5, 5.41) is 6.89. The molecule has 2 aliphatic rings. The van der Waals surface area contributed by atoms with E-state index in [0.717, 1.165) is 43.0 Å². The molecule has 0 spiro atoms. The van der Waals surface area contributed by atoms with Gasteiger partial charge >= 0.3 is 6.09 Å². The molecule has 168 valence electrons. The van der Waals surface area contributed by atoms with Crippen molar-refractivity contribution in [1.29, 1.82) is 0 Å². The number of benzene rings is 1. The average molecular weight is 530 g/mol. The summed E-state index contributed by atoms with van der Waals surface area (Å²) in [5.74, 6) is 1.74. The van der Waals surface area contributed by atoms with Gasteiger partial charge in [0.1, 0.15) is 5.75 Å². The van der Waals surface area contributed by atoms with Crippen molar-refractivity contribution in [3.63, 3.8) is 0 Å². The Hall–Kier alpha value is -1.71. The molecule has 0 radical (unpaired) electrons. The van der Waals surface area contributed by atoms with Crippen LogP contribution >= 0.6 is 24.0 Å². The Morgan fingerprint density at radius 1 is 1.17 bits per heavy atom. The maximum Gasteiger partial charge on any atom is 0.409 e. The lowest BCUT2D eigenvalue weighted by Crippen LogP contribution is -2.49. The van der Waals surface area contributed by atoms with E-state index in [1.165, 1.54) is 12.8 Å². The van der Waals surface area contributed by atoms with Crippen LogP contribution in [0.25, 0.3) is 0 Å². The van der Waals surface area contributed by atoms with Crippen LogP contribution in [0.15, 0.2) is 29.3 Å². The van der Waals surface area contributed by atoms with Crippen LogP contribution in [0.2, 0.25) is 0 Å². The van der Waals surface area contributed by atoms with Gasteiger partial charge in [0.05, 0.1) is 12.7 Å². The molecular formula is C22H35IN4O3. The Balaban J connectivity index is 0.00000320. The van der Waals surface area contributed by atoms with Crippen LogP contribution in [-0.4, -0.2) is 55.8 Å². The van der Waals surface area contributed by atoms with Crippen LogP contribution in [0.1, 0.15) is 51.0 Å². The average Bonchev–Trinajstić information content (AvgIpc) is 3.26. The number of nitrogens with zero attached hydrogens (tertiary/aromatic N) is 2. The molecule has 30 heavy (non-hydrogen) atoms. The van der Waals surface area contributed by atoms with Crippen molar-refractivity contribution in [1.82, 2.24) is 15.5 Å². The van der Waals surface area contributed by atoms with Crippen molar-refractivity contribution in [2.45, 2.75) is 64.1 Å². The minimum absolute atomic E-state index is 0. The second kappa shape index (κ2) is 12.9. The number of likely N-dealkylation sites (tertiary alicyclic amines) is 1. The zero-order valence-electron chi connectivity index (χ0n) is 18.1. The van der Waals surface area contributed by atoms with Gasteiger partial charge in [0, 0.05) is 38.3 Å². The molecule has 1 aliphatic heterocycles. The summed E-state index contributed by atoms with van der Waals surface area (Å²) in [4.78, 5) is 18.0. The first-order chi connectivity index (χ1) is 14.2. The lowest BCUT2D eigenvalue weighted by molar-refractivity contribution is 0.0963. The van der Waals surface area contributed by atoms with Crippen molar-refractivity contribution in [3.05, 3.63) is 29.8 Å². The van der Waals surface area contributed by atoms with Gasteiger partial charge in [-0.2, -0.15) is 0 Å². The Bertz CT molecular complexity index is 687. The fourth-order valence-corrected chi connectivity index (χ4v) is 3.94. The van der Waals surface area contributed by atoms with Gasteiger partial charge in [-0.3, -0.25) is 4.99 Å². The number of carbonyl (C=O) groups is 1. The Morgan fingerprint density at radius 2 is 1.87 bits per heavy atom. The van der Waals surface area contributed by atoms with Gasteiger partial charge in [-0.05, 0) is 51.5 Å². The molecule has 1 saturated carbocycles. The maximum absolute atomic E-state index is 11.8. The number of rotatable bonds is 6. The quantitative estimate of drug-likeness (QED) is 0.332. The Labute approximate surface area is 197 Å². The summed E-state index contributed by atoms with van der Waals surface area (Å²) < 4.78 is 11.3. The number of hydrogen-bond acceptors (Lipinski definition) is 4. The number of nitrogens with one attached hydrogen (secondary N) is 2. The molecule has 1 heterocycles. The number of piperidine rings is 1. The predicted molar refractivity (Wildman–Crippen MR) is 130 cm³/mol. The van der Waals surface area contributed by atoms with E-state index >= 15 is 0 Å². The summed E-state index contributed by atoms with van der Waals surface area (Å²) >= 11 is 0. The molecule has 7 nitrogen and oxygen atoms in total. The molecule has 1 aromatic rings. The molecule has 3 rings (SSSR count). The number of carbonyl (C=O) groups excluding carboxylic acids is 1. The molecule has 0 atom stereocenters. The Kier molecular flexibility index (Phi) is 10.5. The smallest absolute Gasteiger partial charge is 0.409 e. The highest BCUT2D eigenvalue weighted by molar-refractivity contribution is 14.0. The molecule has 2 fully saturated rings. The summed E-state index contributed by atoms with van der Waals surface area (Å²) in [6, 6.07) is 8.51. The van der Waals surface area contributed by atoms with Crippen LogP contribution < -0.4 is 15.4 Å². The minimum Gasteiger partial charge on any atom is -0.490 e. The normalized spacial score (nSPS) is 17.9. The van der Waals surface area contributed by atoms with E-state index in [2.05, 4.69) is 27.8 Å². The van der Waals surface area contributed by atoms with Gasteiger partial charge in [0.15, 0.2) is 5.96 Å². The first-order valence-electron chi connectivity index (χ1n) is 10.8. The van der Waals surface area contributed by atoms with E-state index < -0.39 is 0 Å². The summed E-state index contributed by atoms with van der Waals surface area (Å²) in [6.45, 7) is 4.31. The molecular weight excluding hydrogens is 495 g/mol. The van der Waals surface area contributed by atoms with Crippen molar-refractivity contribution < 1.29 is 14.3 Å². The second-order valence-electron chi connectivity index (χ2n) is 7.66. The van der Waals surface area contributed by atoms with Gasteiger partial charge in [0.25, 0.3) is 0 Å². The number of halogens is 1. The van der Waals surface area contributed by atoms with Gasteiger partial charge in [-0.1, -0.05) is 18.2 Å². The van der Waals surface area contributed by atoms with Crippen LogP contribution in [0, 0.1) is 0 Å². The van der Waals surface area contributed by atoms with Crippen molar-refractivity contribution >= 4 is 36.0 Å². The highest BCUT2D eigenvalue weighted by Crippen LogP contribution is 2.26. The SMILES string of the molecule is CCOC(=O)N1CCC(NC(=NC)NCc2ccccc2OC2CCCC2)CC1.I. The number of para-hydroxylation sites is 1. The summed E-state index contributed by atoms with van der Waals surface area (Å²) in [5.41, 5.74) is 1.14. The fourth-order valence-electron chi connectivity index (χ4n) is 3.94. The molecule has 1 amide bonds. The van der Waals surface area contributed by atoms with E-state index in [9.17, 15) is 4.79 Å². The third kappa shape index (κ3) is 7.21. The molecule has 8 heteroatoms. The van der Waals surface area contributed by atoms with E-state index in [0.29, 0.717) is 32.3 Å². The monoisotopic (exact) mass is 530 g/mol. The number of aliphatic imine (C=N–C) groups is 1. The van der Waals surface area contributed by atoms with Gasteiger partial charge in [0.2, 0.25) is 0 Å². The molecule has 0 bridgehead atoms. The number of hydrogen-bond donors (Lipinski definition) is 2. The molecule has 1 saturated heterocycles. The standard InChI is InChI=1S/C22H34N4O3.HI/c1-3-28-22(27)26-14-12-18(13-15-26)25-21(23-2)24-16-17-8-4-7-11-20(17)29-19-9-5-6-10-19;/h4,7-8,11,18-19H,3,5-6,9-10,12-16H2,1-2H3,(H2,23,24,25);1H. The van der Waals surface area contributed by atoms with E-state index in [4.69, 9.17) is 9.47 Å². The van der Waals surface area contributed by atoms with Crippen LogP contribution in [0.3, 0.4) is 0 Å². The van der Waals surface area contributed by atoms with Gasteiger partial charge < -0.3 is 25.0 Å². The van der Waals surface area contributed by atoms with Crippen LogP contribution in [0.5, 0.6) is 5.75 Å². The van der Waals surface area contributed by atoms with Crippen molar-refractivity contribution in [2.24, 2.45) is 4.99 Å². The second-order valence-corrected chi connectivity index (χ2v) is 7.66. The van der Waals surface area contributed by atoms with Crippen LogP contribution in [-0.2, 0) is 11.3 Å². The Morgan fingerprint density at radius 3 is 2.53 bits per heavy atom. The fraction of sp³-hybridized carbons (Fsp3) is 0.636. The highest BCUT2D eigenvalue weighted by atomic mass is 127. The van der Waals surface area contributed by atoms with Gasteiger partial charge in [-0.25, -0.2) is 4.79 Å². The number of amides is 1. The van der Waals surface area contributed by atoms with E-state index in [-0.39, 0.29) is 36.1 Å². The molecule has 0 unspecified atom stereocenters. The van der Waals surface area contributed by atoms with E-state index in [1.54, 1.807) is 11.9 Å². The van der Waals surface area contributed by atoms with Crippen molar-refractivity contribution in [2.75, 3.05) is 26.7 Å². The summed E-state index contributed by atoms with van der Waals surface area (Å²) in [7, 11) is 1.78.